The molecule has 0 aliphatic carbocycles. The minimum Gasteiger partial charge on any atom is -0.350 e. The molecule has 0 heterocycles. The zero-order valence-electron chi connectivity index (χ0n) is 17.7. The van der Waals surface area contributed by atoms with E-state index in [1.807, 2.05) is 51.1 Å². The molecule has 4 nitrogen and oxygen atoms in total. The Morgan fingerprint density at radius 1 is 1.03 bits per heavy atom. The number of hydrogen-bond acceptors (Lipinski definition) is 3. The number of hydrogen-bond donors (Lipinski definition) is 1. The molecule has 0 fully saturated rings. The summed E-state index contributed by atoms with van der Waals surface area (Å²) < 4.78 is 0. The molecular weight excluding hydrogens is 439 g/mol. The zero-order valence-corrected chi connectivity index (χ0v) is 20.1. The van der Waals surface area contributed by atoms with E-state index in [1.54, 1.807) is 41.8 Å². The summed E-state index contributed by atoms with van der Waals surface area (Å²) >= 11 is 14.3. The van der Waals surface area contributed by atoms with Crippen LogP contribution in [0.25, 0.3) is 0 Å². The molecule has 1 N–H and O–H groups in total. The van der Waals surface area contributed by atoms with Gasteiger partial charge < -0.3 is 10.2 Å². The van der Waals surface area contributed by atoms with Crippen molar-refractivity contribution in [1.29, 1.82) is 0 Å². The Hall–Kier alpha value is -1.69. The quantitative estimate of drug-likeness (QED) is 0.499. The highest BCUT2D eigenvalue weighted by molar-refractivity contribution is 7.99. The highest BCUT2D eigenvalue weighted by atomic mass is 35.5. The van der Waals surface area contributed by atoms with Crippen LogP contribution in [0.4, 0.5) is 0 Å². The molecule has 2 aromatic carbocycles. The van der Waals surface area contributed by atoms with Crippen molar-refractivity contribution >= 4 is 46.8 Å². The van der Waals surface area contributed by atoms with Gasteiger partial charge in [-0.1, -0.05) is 47.5 Å². The minimum absolute atomic E-state index is 0.119. The van der Waals surface area contributed by atoms with Crippen LogP contribution in [0, 0.1) is 0 Å². The van der Waals surface area contributed by atoms with E-state index in [4.69, 9.17) is 23.2 Å². The molecule has 0 spiro atoms. The Morgan fingerprint density at radius 3 is 2.20 bits per heavy atom. The largest absolute Gasteiger partial charge is 0.350 e. The van der Waals surface area contributed by atoms with Crippen LogP contribution in [0.15, 0.2) is 53.4 Å². The number of halogens is 2. The second-order valence-corrected chi connectivity index (χ2v) is 10.0. The Balaban J connectivity index is 2.16. The third-order valence-corrected chi connectivity index (χ3v) is 6.11. The lowest BCUT2D eigenvalue weighted by atomic mass is 10.1. The number of nitrogens with zero attached hydrogens (tertiary/aromatic N) is 1. The number of carbonyl (C=O) groups excluding carboxylic acids is 2. The molecule has 162 valence electrons. The molecule has 30 heavy (non-hydrogen) atoms. The molecule has 2 rings (SSSR count). The number of nitrogens with one attached hydrogen (secondary N) is 1. The van der Waals surface area contributed by atoms with E-state index in [1.165, 1.54) is 0 Å². The maximum Gasteiger partial charge on any atom is 0.242 e. The van der Waals surface area contributed by atoms with Gasteiger partial charge in [0.15, 0.2) is 0 Å². The fraction of sp³-hybridized carbons (Fsp3) is 0.391. The first-order chi connectivity index (χ1) is 14.1. The monoisotopic (exact) mass is 466 g/mol. The zero-order chi connectivity index (χ0) is 22.3. The first-order valence-electron chi connectivity index (χ1n) is 9.80. The molecule has 0 radical (unpaired) electrons. The Morgan fingerprint density at radius 2 is 1.63 bits per heavy atom. The van der Waals surface area contributed by atoms with Crippen LogP contribution < -0.4 is 5.32 Å². The number of amides is 2. The third-order valence-electron chi connectivity index (χ3n) is 4.38. The van der Waals surface area contributed by atoms with Gasteiger partial charge in [0.2, 0.25) is 11.8 Å². The third kappa shape index (κ3) is 7.53. The second-order valence-electron chi connectivity index (χ2n) is 8.05. The fourth-order valence-corrected chi connectivity index (χ4v) is 4.21. The predicted molar refractivity (Wildman–Crippen MR) is 126 cm³/mol. The molecule has 0 bridgehead atoms. The van der Waals surface area contributed by atoms with E-state index < -0.39 is 11.6 Å². The first kappa shape index (κ1) is 24.6. The molecule has 2 aromatic rings. The van der Waals surface area contributed by atoms with Crippen LogP contribution in [0.2, 0.25) is 10.0 Å². The van der Waals surface area contributed by atoms with Crippen molar-refractivity contribution in [3.8, 4) is 0 Å². The number of carbonyl (C=O) groups is 2. The van der Waals surface area contributed by atoms with Crippen molar-refractivity contribution in [2.75, 3.05) is 5.75 Å². The maximum absolute atomic E-state index is 13.1. The number of benzene rings is 2. The molecule has 1 atom stereocenters. The van der Waals surface area contributed by atoms with E-state index >= 15 is 0 Å². The lowest BCUT2D eigenvalue weighted by molar-refractivity contribution is -0.140. The van der Waals surface area contributed by atoms with Gasteiger partial charge in [-0.25, -0.2) is 0 Å². The van der Waals surface area contributed by atoms with E-state index in [-0.39, 0.29) is 18.4 Å². The standard InChI is InChI=1S/C23H28Cl2N2O2S/c1-16(22(29)26-23(2,3)4)27(15-18-19(24)11-8-12-20(18)25)21(28)13-14-30-17-9-6-5-7-10-17/h5-12,16H,13-15H2,1-4H3,(H,26,29)/t16-/m1/s1. The molecule has 7 heteroatoms. The summed E-state index contributed by atoms with van der Waals surface area (Å²) in [4.78, 5) is 28.6. The van der Waals surface area contributed by atoms with Crippen LogP contribution in [0.3, 0.4) is 0 Å². The van der Waals surface area contributed by atoms with Crippen molar-refractivity contribution in [2.24, 2.45) is 0 Å². The molecule has 0 saturated heterocycles. The van der Waals surface area contributed by atoms with Crippen LogP contribution >= 0.6 is 35.0 Å². The molecule has 0 unspecified atom stereocenters. The summed E-state index contributed by atoms with van der Waals surface area (Å²) in [5.74, 6) is 0.282. The number of thioether (sulfide) groups is 1. The first-order valence-corrected chi connectivity index (χ1v) is 11.5. The van der Waals surface area contributed by atoms with Gasteiger partial charge in [-0.05, 0) is 52.0 Å². The maximum atomic E-state index is 13.1. The molecule has 0 aromatic heterocycles. The lowest BCUT2D eigenvalue weighted by Crippen LogP contribution is -2.52. The van der Waals surface area contributed by atoms with Crippen LogP contribution in [-0.4, -0.2) is 34.0 Å². The Bertz CT molecular complexity index is 849. The summed E-state index contributed by atoms with van der Waals surface area (Å²) in [6, 6.07) is 14.5. The summed E-state index contributed by atoms with van der Waals surface area (Å²) in [6.07, 6.45) is 0.300. The summed E-state index contributed by atoms with van der Waals surface area (Å²) in [5.41, 5.74) is 0.242. The van der Waals surface area contributed by atoms with Crippen LogP contribution in [0.1, 0.15) is 39.7 Å². The van der Waals surface area contributed by atoms with E-state index in [2.05, 4.69) is 5.32 Å². The van der Waals surface area contributed by atoms with Crippen LogP contribution in [0.5, 0.6) is 0 Å². The normalized spacial score (nSPS) is 12.3. The fourth-order valence-electron chi connectivity index (χ4n) is 2.83. The van der Waals surface area contributed by atoms with Crippen molar-refractivity contribution in [3.63, 3.8) is 0 Å². The smallest absolute Gasteiger partial charge is 0.242 e. The molecule has 0 saturated carbocycles. The van der Waals surface area contributed by atoms with Crippen molar-refractivity contribution in [3.05, 3.63) is 64.1 Å². The van der Waals surface area contributed by atoms with Crippen LogP contribution in [-0.2, 0) is 16.1 Å². The highest BCUT2D eigenvalue weighted by Crippen LogP contribution is 2.27. The van der Waals surface area contributed by atoms with E-state index in [9.17, 15) is 9.59 Å². The van der Waals surface area contributed by atoms with Crippen molar-refractivity contribution in [2.45, 2.75) is 57.1 Å². The average molecular weight is 467 g/mol. The van der Waals surface area contributed by atoms with Gasteiger partial charge in [0.05, 0.1) is 0 Å². The average Bonchev–Trinajstić information content (AvgIpc) is 2.66. The topological polar surface area (TPSA) is 49.4 Å². The van der Waals surface area contributed by atoms with Crippen molar-refractivity contribution in [1.82, 2.24) is 10.2 Å². The molecule has 2 amide bonds. The summed E-state index contributed by atoms with van der Waals surface area (Å²) in [7, 11) is 0. The van der Waals surface area contributed by atoms with Gasteiger partial charge in [0.1, 0.15) is 6.04 Å². The SMILES string of the molecule is C[C@H](C(=O)NC(C)(C)C)N(Cc1c(Cl)cccc1Cl)C(=O)CCSc1ccccc1. The van der Waals surface area contributed by atoms with Crippen molar-refractivity contribution < 1.29 is 9.59 Å². The van der Waals surface area contributed by atoms with Gasteiger partial charge in [-0.15, -0.1) is 11.8 Å². The van der Waals surface area contributed by atoms with E-state index in [0.717, 1.165) is 4.90 Å². The molecular formula is C23H28Cl2N2O2S. The second kappa shape index (κ2) is 11.1. The summed E-state index contributed by atoms with van der Waals surface area (Å²) in [5, 5.41) is 3.90. The summed E-state index contributed by atoms with van der Waals surface area (Å²) in [6.45, 7) is 7.63. The molecule has 0 aliphatic rings. The van der Waals surface area contributed by atoms with Gasteiger partial charge in [-0.2, -0.15) is 0 Å². The number of rotatable bonds is 8. The highest BCUT2D eigenvalue weighted by Gasteiger charge is 2.29. The lowest BCUT2D eigenvalue weighted by Gasteiger charge is -2.32. The van der Waals surface area contributed by atoms with E-state index in [0.29, 0.717) is 27.8 Å². The molecule has 0 aliphatic heterocycles. The van der Waals surface area contributed by atoms with Gasteiger partial charge in [0, 0.05) is 44.8 Å². The van der Waals surface area contributed by atoms with Gasteiger partial charge in [-0.3, -0.25) is 9.59 Å². The Labute approximate surface area is 193 Å². The predicted octanol–water partition coefficient (Wildman–Crippen LogP) is 5.81. The Kier molecular flexibility index (Phi) is 9.08. The van der Waals surface area contributed by atoms with Gasteiger partial charge >= 0.3 is 0 Å². The van der Waals surface area contributed by atoms with Gasteiger partial charge in [0.25, 0.3) is 0 Å². The minimum atomic E-state index is -0.661.